The molecule has 0 fully saturated rings. The number of carbonyl (C=O) groups is 1. The van der Waals surface area contributed by atoms with Crippen LogP contribution in [0.1, 0.15) is 38.1 Å². The van der Waals surface area contributed by atoms with Crippen molar-refractivity contribution < 1.29 is 4.79 Å². The van der Waals surface area contributed by atoms with Gasteiger partial charge in [0.2, 0.25) is 0 Å². The standard InChI is InChI=1S/C26H29N5O3S/c1-15(2)13-30(22-23(27)31(14-16(3)4)26(34)29-24(22)32)25(33)18-12-20(21-10-7-11-35-21)28-19-9-6-5-8-17(18)19/h5-12,15-16H,13-14,27H2,1-4H3,(H,29,32,34). The van der Waals surface area contributed by atoms with E-state index in [2.05, 4.69) is 4.98 Å². The molecule has 0 spiro atoms. The molecule has 0 saturated heterocycles. The van der Waals surface area contributed by atoms with Gasteiger partial charge in [0.1, 0.15) is 5.82 Å². The number of nitrogens with two attached hydrogens (primary N) is 1. The highest BCUT2D eigenvalue weighted by Crippen LogP contribution is 2.30. The topological polar surface area (TPSA) is 114 Å². The van der Waals surface area contributed by atoms with Crippen molar-refractivity contribution in [1.29, 1.82) is 0 Å². The minimum Gasteiger partial charge on any atom is -0.383 e. The lowest BCUT2D eigenvalue weighted by molar-refractivity contribution is 0.0985. The van der Waals surface area contributed by atoms with Crippen molar-refractivity contribution in [2.75, 3.05) is 17.2 Å². The van der Waals surface area contributed by atoms with E-state index in [9.17, 15) is 14.4 Å². The second-order valence-electron chi connectivity index (χ2n) is 9.36. The number of aromatic amines is 1. The zero-order chi connectivity index (χ0) is 25.3. The fraction of sp³-hybridized carbons (Fsp3) is 0.308. The van der Waals surface area contributed by atoms with Crippen LogP contribution >= 0.6 is 11.3 Å². The molecule has 0 radical (unpaired) electrons. The number of anilines is 2. The number of para-hydroxylation sites is 1. The molecule has 3 N–H and O–H groups in total. The Bertz CT molecular complexity index is 1490. The molecule has 0 saturated carbocycles. The molecular weight excluding hydrogens is 462 g/mol. The number of benzene rings is 1. The van der Waals surface area contributed by atoms with Crippen LogP contribution in [-0.2, 0) is 6.54 Å². The van der Waals surface area contributed by atoms with Gasteiger partial charge in [-0.1, -0.05) is 52.0 Å². The number of nitrogen functional groups attached to an aromatic ring is 1. The first-order valence-electron chi connectivity index (χ1n) is 11.6. The number of H-pyrrole nitrogens is 1. The largest absolute Gasteiger partial charge is 0.383 e. The molecule has 4 aromatic rings. The number of hydrogen-bond donors (Lipinski definition) is 2. The third-order valence-corrected chi connectivity index (χ3v) is 6.44. The molecule has 0 aliphatic carbocycles. The van der Waals surface area contributed by atoms with Crippen LogP contribution in [0.2, 0.25) is 0 Å². The predicted octanol–water partition coefficient (Wildman–Crippen LogP) is 4.35. The molecule has 0 aliphatic heterocycles. The number of aromatic nitrogens is 3. The quantitative estimate of drug-likeness (QED) is 0.399. The highest BCUT2D eigenvalue weighted by atomic mass is 32.1. The Morgan fingerprint density at radius 2 is 1.86 bits per heavy atom. The van der Waals surface area contributed by atoms with Crippen molar-refractivity contribution in [3.8, 4) is 10.6 Å². The van der Waals surface area contributed by atoms with E-state index in [1.807, 2.05) is 69.5 Å². The minimum atomic E-state index is -0.682. The highest BCUT2D eigenvalue weighted by Gasteiger charge is 2.28. The summed E-state index contributed by atoms with van der Waals surface area (Å²) in [7, 11) is 0. The summed E-state index contributed by atoms with van der Waals surface area (Å²) in [4.78, 5) is 49.1. The molecule has 35 heavy (non-hydrogen) atoms. The van der Waals surface area contributed by atoms with Crippen LogP contribution in [0.5, 0.6) is 0 Å². The Kier molecular flexibility index (Phi) is 6.88. The van der Waals surface area contributed by atoms with E-state index in [-0.39, 0.29) is 35.8 Å². The van der Waals surface area contributed by atoms with Crippen LogP contribution in [0.25, 0.3) is 21.5 Å². The van der Waals surface area contributed by atoms with Crippen molar-refractivity contribution in [2.45, 2.75) is 34.2 Å². The number of thiophene rings is 1. The van der Waals surface area contributed by atoms with Gasteiger partial charge in [-0.25, -0.2) is 9.78 Å². The van der Waals surface area contributed by atoms with Crippen molar-refractivity contribution in [1.82, 2.24) is 14.5 Å². The minimum absolute atomic E-state index is 0.0116. The van der Waals surface area contributed by atoms with Gasteiger partial charge in [0.05, 0.1) is 21.7 Å². The molecule has 0 unspecified atom stereocenters. The number of rotatable bonds is 7. The number of hydrogen-bond acceptors (Lipinski definition) is 6. The molecule has 9 heteroatoms. The van der Waals surface area contributed by atoms with Crippen LogP contribution in [0.3, 0.4) is 0 Å². The van der Waals surface area contributed by atoms with Crippen molar-refractivity contribution in [2.24, 2.45) is 11.8 Å². The fourth-order valence-corrected chi connectivity index (χ4v) is 4.76. The van der Waals surface area contributed by atoms with Gasteiger partial charge in [-0.15, -0.1) is 11.3 Å². The molecule has 1 aromatic carbocycles. The van der Waals surface area contributed by atoms with Gasteiger partial charge in [0.15, 0.2) is 5.69 Å². The Morgan fingerprint density at radius 1 is 1.11 bits per heavy atom. The van der Waals surface area contributed by atoms with E-state index >= 15 is 0 Å². The summed E-state index contributed by atoms with van der Waals surface area (Å²) >= 11 is 1.53. The van der Waals surface area contributed by atoms with E-state index in [0.717, 1.165) is 4.88 Å². The van der Waals surface area contributed by atoms with E-state index in [4.69, 9.17) is 10.7 Å². The zero-order valence-corrected chi connectivity index (χ0v) is 21.1. The zero-order valence-electron chi connectivity index (χ0n) is 20.2. The van der Waals surface area contributed by atoms with Gasteiger partial charge in [-0.05, 0) is 35.4 Å². The number of amides is 1. The first kappa shape index (κ1) is 24.4. The second-order valence-corrected chi connectivity index (χ2v) is 10.3. The van der Waals surface area contributed by atoms with Crippen LogP contribution < -0.4 is 21.9 Å². The predicted molar refractivity (Wildman–Crippen MR) is 142 cm³/mol. The molecule has 4 rings (SSSR count). The lowest BCUT2D eigenvalue weighted by Gasteiger charge is -2.27. The normalized spacial score (nSPS) is 11.5. The number of pyridine rings is 1. The Labute approximate surface area is 207 Å². The summed E-state index contributed by atoms with van der Waals surface area (Å²) in [6.45, 7) is 8.37. The average molecular weight is 492 g/mol. The monoisotopic (exact) mass is 491 g/mol. The lowest BCUT2D eigenvalue weighted by atomic mass is 10.0. The molecule has 182 valence electrons. The van der Waals surface area contributed by atoms with Crippen LogP contribution in [-0.4, -0.2) is 27.0 Å². The van der Waals surface area contributed by atoms with Crippen LogP contribution in [0.4, 0.5) is 11.5 Å². The summed E-state index contributed by atoms with van der Waals surface area (Å²) < 4.78 is 1.32. The van der Waals surface area contributed by atoms with Crippen molar-refractivity contribution >= 4 is 39.7 Å². The Morgan fingerprint density at radius 3 is 2.51 bits per heavy atom. The second kappa shape index (κ2) is 9.87. The number of nitrogens with one attached hydrogen (secondary N) is 1. The third-order valence-electron chi connectivity index (χ3n) is 5.54. The number of carbonyl (C=O) groups excluding carboxylic acids is 1. The van der Waals surface area contributed by atoms with Gasteiger partial charge in [-0.3, -0.25) is 19.1 Å². The van der Waals surface area contributed by atoms with Crippen LogP contribution in [0, 0.1) is 11.8 Å². The van der Waals surface area contributed by atoms with Crippen LogP contribution in [0.15, 0.2) is 57.4 Å². The highest BCUT2D eigenvalue weighted by molar-refractivity contribution is 7.13. The molecule has 8 nitrogen and oxygen atoms in total. The molecule has 0 bridgehead atoms. The van der Waals surface area contributed by atoms with Crippen molar-refractivity contribution in [3.05, 3.63) is 74.2 Å². The van der Waals surface area contributed by atoms with E-state index in [1.54, 1.807) is 6.07 Å². The molecule has 1 amide bonds. The first-order chi connectivity index (χ1) is 16.7. The summed E-state index contributed by atoms with van der Waals surface area (Å²) in [5.74, 6) is -0.242. The number of fused-ring (bicyclic) bond motifs is 1. The van der Waals surface area contributed by atoms with Gasteiger partial charge in [-0.2, -0.15) is 0 Å². The maximum atomic E-state index is 14.1. The molecule has 0 atom stereocenters. The van der Waals surface area contributed by atoms with Gasteiger partial charge in [0, 0.05) is 18.5 Å². The molecular formula is C26H29N5O3S. The first-order valence-corrected chi connectivity index (χ1v) is 12.4. The van der Waals surface area contributed by atoms with Gasteiger partial charge >= 0.3 is 5.69 Å². The molecule has 0 aliphatic rings. The van der Waals surface area contributed by atoms with Gasteiger partial charge in [0.25, 0.3) is 11.5 Å². The molecule has 3 aromatic heterocycles. The smallest absolute Gasteiger partial charge is 0.330 e. The third kappa shape index (κ3) is 4.90. The fourth-order valence-electron chi connectivity index (χ4n) is 4.07. The Hall–Kier alpha value is -3.72. The van der Waals surface area contributed by atoms with E-state index < -0.39 is 11.2 Å². The molecule has 3 heterocycles. The number of nitrogens with zero attached hydrogens (tertiary/aromatic N) is 3. The maximum Gasteiger partial charge on any atom is 0.330 e. The lowest BCUT2D eigenvalue weighted by Crippen LogP contribution is -2.43. The summed E-state index contributed by atoms with van der Waals surface area (Å²) in [6.07, 6.45) is 0. The van der Waals surface area contributed by atoms with Gasteiger partial charge < -0.3 is 10.6 Å². The van der Waals surface area contributed by atoms with E-state index in [1.165, 1.54) is 20.8 Å². The summed E-state index contributed by atoms with van der Waals surface area (Å²) in [6, 6.07) is 13.1. The summed E-state index contributed by atoms with van der Waals surface area (Å²) in [5.41, 5.74) is 6.88. The summed E-state index contributed by atoms with van der Waals surface area (Å²) in [5, 5.41) is 2.63. The van der Waals surface area contributed by atoms with Crippen molar-refractivity contribution in [3.63, 3.8) is 0 Å². The van der Waals surface area contributed by atoms with E-state index in [0.29, 0.717) is 28.7 Å². The average Bonchev–Trinajstić information content (AvgIpc) is 3.34. The maximum absolute atomic E-state index is 14.1. The SMILES string of the molecule is CC(C)CN(C(=O)c1cc(-c2cccs2)nc2ccccc12)c1c(N)n(CC(C)C)c(=O)[nH]c1=O. The Balaban J connectivity index is 1.94.